The number of primary amides is 1. The highest BCUT2D eigenvalue weighted by molar-refractivity contribution is 5.98. The predicted molar refractivity (Wildman–Crippen MR) is 324 cm³/mol. The monoisotopic (exact) mass is 1190 g/mol. The van der Waals surface area contributed by atoms with Gasteiger partial charge in [-0.25, -0.2) is 0 Å². The van der Waals surface area contributed by atoms with Crippen molar-refractivity contribution in [2.24, 2.45) is 46.6 Å². The fourth-order valence-corrected chi connectivity index (χ4v) is 9.40. The molecule has 1 aromatic rings. The van der Waals surface area contributed by atoms with E-state index in [9.17, 15) is 53.1 Å². The Morgan fingerprint density at radius 3 is 1.26 bits per heavy atom. The quantitative estimate of drug-likeness (QED) is 0.0409. The van der Waals surface area contributed by atoms with Crippen molar-refractivity contribution in [3.8, 4) is 0 Å². The summed E-state index contributed by atoms with van der Waals surface area (Å²) >= 11 is 0. The number of aliphatic hydroxyl groups is 1. The second-order valence-electron chi connectivity index (χ2n) is 23.4. The lowest BCUT2D eigenvalue weighted by atomic mass is 9.97. The van der Waals surface area contributed by atoms with Crippen LogP contribution in [-0.2, 0) is 54.4 Å². The van der Waals surface area contributed by atoms with Crippen LogP contribution in [0.4, 0.5) is 0 Å². The number of carbonyl (C=O) groups excluding carboxylic acids is 10. The molecule has 0 radical (unpaired) electrons. The molecular formula is C60H107N13O11. The molecule has 1 aromatic carbocycles. The van der Waals surface area contributed by atoms with Crippen molar-refractivity contribution in [2.45, 2.75) is 239 Å². The maximum absolute atomic E-state index is 14.5. The van der Waals surface area contributed by atoms with Crippen molar-refractivity contribution < 1.29 is 53.1 Å². The van der Waals surface area contributed by atoms with Crippen LogP contribution in [0.1, 0.15) is 178 Å². The average molecular weight is 1190 g/mol. The SMILES string of the molecule is CCCCCCCCCCCC(=O)N[C@@H](CCN)C(=O)N[C@H](C(=O)N[C@@H](CCN)C(=O)N[C@H](Cc1ccccc1)C(=O)N[C@@H](CC(C)C)C(=O)N[C@@H](CCN)C(=O)N[C@@H](C(=O)N[C@@H](CC(C)C)C(=O)N[C@H](C(N)=O)[C@@H](C)O)C(C)C)[C@@H](C)CC. The summed E-state index contributed by atoms with van der Waals surface area (Å²) < 4.78 is 0. The van der Waals surface area contributed by atoms with Crippen LogP contribution in [0.5, 0.6) is 0 Å². The predicted octanol–water partition coefficient (Wildman–Crippen LogP) is 1.22. The molecule has 84 heavy (non-hydrogen) atoms. The van der Waals surface area contributed by atoms with Gasteiger partial charge in [-0.2, -0.15) is 0 Å². The van der Waals surface area contributed by atoms with Crippen LogP contribution in [0.15, 0.2) is 30.3 Å². The highest BCUT2D eigenvalue weighted by Gasteiger charge is 2.37. The van der Waals surface area contributed by atoms with E-state index in [1.165, 1.54) is 39.0 Å². The van der Waals surface area contributed by atoms with Gasteiger partial charge in [0.25, 0.3) is 0 Å². The van der Waals surface area contributed by atoms with Gasteiger partial charge < -0.3 is 75.9 Å². The van der Waals surface area contributed by atoms with Crippen LogP contribution in [0.3, 0.4) is 0 Å². The number of unbranched alkanes of at least 4 members (excludes halogenated alkanes) is 8. The fraction of sp³-hybridized carbons (Fsp3) is 0.733. The Balaban J connectivity index is 3.41. The smallest absolute Gasteiger partial charge is 0.243 e. The highest BCUT2D eigenvalue weighted by Crippen LogP contribution is 2.15. The summed E-state index contributed by atoms with van der Waals surface area (Å²) in [6.07, 6.45) is 9.20. The first-order chi connectivity index (χ1) is 39.7. The molecule has 11 atom stereocenters. The largest absolute Gasteiger partial charge is 0.391 e. The molecule has 0 spiro atoms. The summed E-state index contributed by atoms with van der Waals surface area (Å²) in [5, 5.41) is 34.3. The van der Waals surface area contributed by atoms with Gasteiger partial charge in [-0.3, -0.25) is 47.9 Å². The van der Waals surface area contributed by atoms with E-state index >= 15 is 0 Å². The molecule has 0 bridgehead atoms. The number of nitrogens with one attached hydrogen (secondary N) is 9. The normalized spacial score (nSPS) is 15.3. The second kappa shape index (κ2) is 41.7. The molecule has 0 aliphatic heterocycles. The van der Waals surface area contributed by atoms with Crippen molar-refractivity contribution >= 4 is 59.1 Å². The van der Waals surface area contributed by atoms with Crippen molar-refractivity contribution in [3.05, 3.63) is 35.9 Å². The maximum Gasteiger partial charge on any atom is 0.243 e. The molecule has 0 saturated carbocycles. The number of hydrogen-bond donors (Lipinski definition) is 14. The fourth-order valence-electron chi connectivity index (χ4n) is 9.40. The minimum absolute atomic E-state index is 0.0561. The van der Waals surface area contributed by atoms with Gasteiger partial charge in [0.15, 0.2) is 0 Å². The van der Waals surface area contributed by atoms with Crippen LogP contribution in [-0.4, -0.2) is 144 Å². The lowest BCUT2D eigenvalue weighted by Crippen LogP contribution is -2.62. The van der Waals surface area contributed by atoms with Gasteiger partial charge in [-0.1, -0.05) is 150 Å². The van der Waals surface area contributed by atoms with Gasteiger partial charge in [0, 0.05) is 12.8 Å². The Hall–Kier alpha value is -6.24. The molecule has 0 heterocycles. The average Bonchev–Trinajstić information content (AvgIpc) is 3.49. The second-order valence-corrected chi connectivity index (χ2v) is 23.4. The summed E-state index contributed by atoms with van der Waals surface area (Å²) in [7, 11) is 0. The summed E-state index contributed by atoms with van der Waals surface area (Å²) in [5.74, 6) is -8.51. The van der Waals surface area contributed by atoms with Crippen molar-refractivity contribution in [3.63, 3.8) is 0 Å². The van der Waals surface area contributed by atoms with Gasteiger partial charge in [0.1, 0.15) is 54.4 Å². The molecule has 0 unspecified atom stereocenters. The Morgan fingerprint density at radius 1 is 0.440 bits per heavy atom. The minimum Gasteiger partial charge on any atom is -0.391 e. The number of benzene rings is 1. The van der Waals surface area contributed by atoms with Gasteiger partial charge in [-0.05, 0) is 94.3 Å². The first-order valence-corrected chi connectivity index (χ1v) is 30.6. The topological polar surface area (TPSA) is 403 Å². The Bertz CT molecular complexity index is 2180. The van der Waals surface area contributed by atoms with E-state index in [2.05, 4.69) is 54.8 Å². The summed E-state index contributed by atoms with van der Waals surface area (Å²) in [5.41, 5.74) is 23.8. The van der Waals surface area contributed by atoms with Gasteiger partial charge in [0.05, 0.1) is 6.10 Å². The first kappa shape index (κ1) is 75.8. The maximum atomic E-state index is 14.5. The van der Waals surface area contributed by atoms with Gasteiger partial charge >= 0.3 is 0 Å². The number of hydrogen-bond acceptors (Lipinski definition) is 14. The number of rotatable bonds is 44. The third kappa shape index (κ3) is 29.5. The number of nitrogens with two attached hydrogens (primary N) is 4. The summed E-state index contributed by atoms with van der Waals surface area (Å²) in [6.45, 7) is 17.6. The third-order valence-corrected chi connectivity index (χ3v) is 14.5. The molecule has 478 valence electrons. The zero-order valence-corrected chi connectivity index (χ0v) is 52.0. The molecule has 0 saturated heterocycles. The molecular weight excluding hydrogens is 1080 g/mol. The van der Waals surface area contributed by atoms with Crippen LogP contribution in [0, 0.1) is 23.7 Å². The molecule has 0 fully saturated rings. The lowest BCUT2D eigenvalue weighted by molar-refractivity contribution is -0.137. The lowest BCUT2D eigenvalue weighted by Gasteiger charge is -2.30. The highest BCUT2D eigenvalue weighted by atomic mass is 16.3. The van der Waals surface area contributed by atoms with Crippen LogP contribution in [0.25, 0.3) is 0 Å². The van der Waals surface area contributed by atoms with Crippen molar-refractivity contribution in [2.75, 3.05) is 19.6 Å². The molecule has 24 heteroatoms. The summed E-state index contributed by atoms with van der Waals surface area (Å²) in [4.78, 5) is 138. The van der Waals surface area contributed by atoms with Crippen LogP contribution >= 0.6 is 0 Å². The number of aliphatic hydroxyl groups excluding tert-OH is 1. The zero-order chi connectivity index (χ0) is 63.5. The molecule has 10 amide bonds. The third-order valence-electron chi connectivity index (χ3n) is 14.5. The van der Waals surface area contributed by atoms with Crippen molar-refractivity contribution in [1.82, 2.24) is 47.9 Å². The van der Waals surface area contributed by atoms with E-state index in [1.54, 1.807) is 51.1 Å². The zero-order valence-electron chi connectivity index (χ0n) is 52.0. The molecule has 0 aromatic heterocycles. The Kier molecular flexibility index (Phi) is 37.6. The molecule has 0 aliphatic rings. The van der Waals surface area contributed by atoms with E-state index < -0.39 is 125 Å². The van der Waals surface area contributed by atoms with E-state index in [1.807, 2.05) is 34.6 Å². The Labute approximate surface area is 499 Å². The molecule has 24 nitrogen and oxygen atoms in total. The van der Waals surface area contributed by atoms with Crippen LogP contribution in [0.2, 0.25) is 0 Å². The number of carbonyl (C=O) groups is 10. The Morgan fingerprint density at radius 2 is 0.810 bits per heavy atom. The molecule has 1 rings (SSSR count). The molecule has 18 N–H and O–H groups in total. The van der Waals surface area contributed by atoms with E-state index in [0.29, 0.717) is 18.4 Å². The standard InChI is InChI=1S/C60H107N13O11/c1-11-13-14-15-16-17-18-19-23-26-48(75)65-42(27-30-61)54(78)72-50(39(9)12-2)60(84)67-43(28-31-62)53(77)69-47(35-41-24-21-20-22-25-41)57(81)68-45(33-36(3)4)56(80)66-44(29-32-63)55(79)71-49(38(7)8)59(83)70-46(34-37(5)6)58(82)73-51(40(10)74)52(64)76/h20-22,24-25,36-40,42-47,49-51,74H,11-19,23,26-35,61-63H2,1-10H3,(H2,64,76)(H,65,75)(H,66,80)(H,67,84)(H,68,81)(H,69,77)(H,70,83)(H,71,79)(H,72,78)(H,73,82)/t39-,40+,42-,43-,44-,45-,46-,47+,49+,50-,51-/m0/s1. The minimum atomic E-state index is -1.43. The van der Waals surface area contributed by atoms with Crippen LogP contribution < -0.4 is 70.8 Å². The summed E-state index contributed by atoms with van der Waals surface area (Å²) in [6, 6.07) is -2.47. The van der Waals surface area contributed by atoms with E-state index in [-0.39, 0.29) is 82.3 Å². The van der Waals surface area contributed by atoms with Gasteiger partial charge in [-0.15, -0.1) is 0 Å². The molecule has 0 aliphatic carbocycles. The van der Waals surface area contributed by atoms with Crippen molar-refractivity contribution in [1.29, 1.82) is 0 Å². The van der Waals surface area contributed by atoms with Gasteiger partial charge in [0.2, 0.25) is 59.1 Å². The first-order valence-electron chi connectivity index (χ1n) is 30.6. The number of amides is 10. The van der Waals surface area contributed by atoms with E-state index in [4.69, 9.17) is 22.9 Å². The van der Waals surface area contributed by atoms with E-state index in [0.717, 1.165) is 19.3 Å².